The molecule has 3 heterocycles. The van der Waals surface area contributed by atoms with E-state index >= 15 is 0 Å². The number of thiophene rings is 1. The molecular formula is C20H15FN4S2. The van der Waals surface area contributed by atoms with Gasteiger partial charge < -0.3 is 5.73 Å². The summed E-state index contributed by atoms with van der Waals surface area (Å²) in [6.07, 6.45) is 7.20. The SMILES string of the molecule is C=CC=C(SC)c1cc(-c2ccc(F)cc2)nc2sc3c(N)ncnc3c12. The highest BCUT2D eigenvalue weighted by molar-refractivity contribution is 8.07. The summed E-state index contributed by atoms with van der Waals surface area (Å²) in [7, 11) is 0. The second-order valence-corrected chi connectivity index (χ2v) is 7.60. The van der Waals surface area contributed by atoms with Crippen molar-refractivity contribution in [3.63, 3.8) is 0 Å². The summed E-state index contributed by atoms with van der Waals surface area (Å²) in [5.74, 6) is 0.164. The first-order valence-electron chi connectivity index (χ1n) is 8.09. The summed E-state index contributed by atoms with van der Waals surface area (Å²) < 4.78 is 14.1. The van der Waals surface area contributed by atoms with E-state index < -0.39 is 0 Å². The van der Waals surface area contributed by atoms with Crippen LogP contribution in [0, 0.1) is 5.82 Å². The van der Waals surface area contributed by atoms with Crippen LogP contribution in [0.5, 0.6) is 0 Å². The van der Waals surface area contributed by atoms with Crippen LogP contribution >= 0.6 is 23.1 Å². The lowest BCUT2D eigenvalue weighted by Crippen LogP contribution is -1.92. The van der Waals surface area contributed by atoms with E-state index in [0.717, 1.165) is 42.2 Å². The molecular weight excluding hydrogens is 379 g/mol. The quantitative estimate of drug-likeness (QED) is 0.462. The lowest BCUT2D eigenvalue weighted by Gasteiger charge is -2.09. The first kappa shape index (κ1) is 17.6. The Hall–Kier alpha value is -2.77. The molecule has 0 aliphatic heterocycles. The van der Waals surface area contributed by atoms with Gasteiger partial charge in [0.15, 0.2) is 0 Å². The number of thioether (sulfide) groups is 1. The maximum atomic E-state index is 13.3. The molecule has 0 aliphatic rings. The molecule has 0 amide bonds. The Morgan fingerprint density at radius 1 is 1.26 bits per heavy atom. The van der Waals surface area contributed by atoms with Gasteiger partial charge >= 0.3 is 0 Å². The Bertz CT molecular complexity index is 1200. The molecule has 0 fully saturated rings. The van der Waals surface area contributed by atoms with Gasteiger partial charge in [0.25, 0.3) is 0 Å². The van der Waals surface area contributed by atoms with E-state index in [2.05, 4.69) is 16.5 Å². The van der Waals surface area contributed by atoms with Crippen molar-refractivity contribution in [2.45, 2.75) is 0 Å². The molecule has 134 valence electrons. The van der Waals surface area contributed by atoms with Gasteiger partial charge in [-0.2, -0.15) is 0 Å². The van der Waals surface area contributed by atoms with E-state index in [-0.39, 0.29) is 5.82 Å². The second-order valence-electron chi connectivity index (χ2n) is 5.75. The van der Waals surface area contributed by atoms with Crippen molar-refractivity contribution in [2.75, 3.05) is 12.0 Å². The number of rotatable bonds is 4. The number of nitrogen functional groups attached to an aromatic ring is 1. The van der Waals surface area contributed by atoms with Gasteiger partial charge in [-0.25, -0.2) is 19.3 Å². The molecule has 4 nitrogen and oxygen atoms in total. The summed E-state index contributed by atoms with van der Waals surface area (Å²) in [5, 5.41) is 0.942. The number of aromatic nitrogens is 3. The monoisotopic (exact) mass is 394 g/mol. The van der Waals surface area contributed by atoms with Gasteiger partial charge in [0.2, 0.25) is 0 Å². The first-order chi connectivity index (χ1) is 13.1. The number of nitrogens with zero attached hydrogens (tertiary/aromatic N) is 3. The van der Waals surface area contributed by atoms with Crippen LogP contribution < -0.4 is 5.73 Å². The predicted molar refractivity (Wildman–Crippen MR) is 114 cm³/mol. The second kappa shape index (κ2) is 7.09. The van der Waals surface area contributed by atoms with E-state index in [1.807, 2.05) is 18.4 Å². The van der Waals surface area contributed by atoms with Gasteiger partial charge in [0.05, 0.1) is 15.9 Å². The maximum absolute atomic E-state index is 13.3. The van der Waals surface area contributed by atoms with Gasteiger partial charge in [-0.15, -0.1) is 23.1 Å². The van der Waals surface area contributed by atoms with Crippen LogP contribution in [0.15, 0.2) is 55.4 Å². The van der Waals surface area contributed by atoms with Crippen LogP contribution in [0.25, 0.3) is 36.6 Å². The molecule has 4 aromatic rings. The summed E-state index contributed by atoms with van der Waals surface area (Å²) in [6.45, 7) is 3.82. The number of fused-ring (bicyclic) bond motifs is 3. The standard InChI is InChI=1S/C20H15FN4S2/c1-3-4-15(26-2)13-9-14(11-5-7-12(21)8-6-11)25-20-16(13)17-18(27-20)19(22)24-10-23-17/h3-10H,1H2,2H3,(H2,22,23,24). The van der Waals surface area contributed by atoms with E-state index in [9.17, 15) is 4.39 Å². The Kier molecular flexibility index (Phi) is 4.63. The normalized spacial score (nSPS) is 12.0. The highest BCUT2D eigenvalue weighted by atomic mass is 32.2. The van der Waals surface area contributed by atoms with E-state index in [1.165, 1.54) is 29.8 Å². The number of hydrogen-bond donors (Lipinski definition) is 1. The van der Waals surface area contributed by atoms with Crippen LogP contribution in [0.2, 0.25) is 0 Å². The zero-order valence-electron chi connectivity index (χ0n) is 14.4. The molecule has 0 saturated carbocycles. The van der Waals surface area contributed by atoms with Crippen LogP contribution in [0.1, 0.15) is 5.56 Å². The topological polar surface area (TPSA) is 64.7 Å². The fourth-order valence-electron chi connectivity index (χ4n) is 2.92. The Labute approximate surface area is 163 Å². The fourth-order valence-corrected chi connectivity index (χ4v) is 4.59. The van der Waals surface area contributed by atoms with Gasteiger partial charge in [-0.1, -0.05) is 12.7 Å². The highest BCUT2D eigenvalue weighted by Gasteiger charge is 2.18. The summed E-state index contributed by atoms with van der Waals surface area (Å²) >= 11 is 3.08. The van der Waals surface area contributed by atoms with E-state index in [0.29, 0.717) is 5.82 Å². The molecule has 4 rings (SSSR count). The Balaban J connectivity index is 2.10. The molecule has 27 heavy (non-hydrogen) atoms. The van der Waals surface area contributed by atoms with Gasteiger partial charge in [0, 0.05) is 21.4 Å². The minimum Gasteiger partial charge on any atom is -0.382 e. The minimum atomic E-state index is -0.277. The first-order valence-corrected chi connectivity index (χ1v) is 10.1. The third-order valence-corrected chi connectivity index (χ3v) is 6.04. The number of allylic oxidation sites excluding steroid dienone is 2. The molecule has 7 heteroatoms. The van der Waals surface area contributed by atoms with Crippen molar-refractivity contribution in [3.8, 4) is 11.3 Å². The zero-order valence-corrected chi connectivity index (χ0v) is 16.1. The lowest BCUT2D eigenvalue weighted by molar-refractivity contribution is 0.628. The largest absolute Gasteiger partial charge is 0.382 e. The molecule has 0 bridgehead atoms. The number of halogens is 1. The molecule has 2 N–H and O–H groups in total. The average Bonchev–Trinajstić information content (AvgIpc) is 3.06. The van der Waals surface area contributed by atoms with Gasteiger partial charge in [-0.3, -0.25) is 0 Å². The Morgan fingerprint density at radius 2 is 2.04 bits per heavy atom. The third kappa shape index (κ3) is 3.09. The van der Waals surface area contributed by atoms with E-state index in [1.54, 1.807) is 30.0 Å². The van der Waals surface area contributed by atoms with Crippen molar-refractivity contribution < 1.29 is 4.39 Å². The highest BCUT2D eigenvalue weighted by Crippen LogP contribution is 2.41. The van der Waals surface area contributed by atoms with Gasteiger partial charge in [0.1, 0.15) is 22.8 Å². The Morgan fingerprint density at radius 3 is 2.74 bits per heavy atom. The lowest BCUT2D eigenvalue weighted by atomic mass is 10.1. The van der Waals surface area contributed by atoms with Crippen molar-refractivity contribution in [3.05, 3.63) is 66.8 Å². The summed E-state index contributed by atoms with van der Waals surface area (Å²) in [6, 6.07) is 8.33. The molecule has 0 aliphatic carbocycles. The van der Waals surface area contributed by atoms with E-state index in [4.69, 9.17) is 10.7 Å². The molecule has 0 saturated heterocycles. The molecule has 0 atom stereocenters. The van der Waals surface area contributed by atoms with Crippen LogP contribution in [-0.4, -0.2) is 21.2 Å². The predicted octanol–water partition coefficient (Wildman–Crippen LogP) is 5.52. The van der Waals surface area contributed by atoms with Crippen LogP contribution in [-0.2, 0) is 0 Å². The number of hydrogen-bond acceptors (Lipinski definition) is 6. The van der Waals surface area contributed by atoms with Crippen LogP contribution in [0.3, 0.4) is 0 Å². The summed E-state index contributed by atoms with van der Waals surface area (Å²) in [5.41, 5.74) is 9.45. The fraction of sp³-hybridized carbons (Fsp3) is 0.0500. The third-order valence-electron chi connectivity index (χ3n) is 4.15. The van der Waals surface area contributed by atoms with Crippen LogP contribution in [0.4, 0.5) is 10.2 Å². The molecule has 0 unspecified atom stereocenters. The van der Waals surface area contributed by atoms with Crippen molar-refractivity contribution >= 4 is 54.3 Å². The molecule has 1 aromatic carbocycles. The summed E-state index contributed by atoms with van der Waals surface area (Å²) in [4.78, 5) is 15.2. The number of nitrogens with two attached hydrogens (primary N) is 1. The zero-order chi connectivity index (χ0) is 19.0. The van der Waals surface area contributed by atoms with Crippen molar-refractivity contribution in [2.24, 2.45) is 0 Å². The van der Waals surface area contributed by atoms with Gasteiger partial charge in [-0.05, 0) is 42.7 Å². The maximum Gasteiger partial charge on any atom is 0.144 e. The average molecular weight is 395 g/mol. The number of anilines is 1. The van der Waals surface area contributed by atoms with Crippen molar-refractivity contribution in [1.82, 2.24) is 15.0 Å². The smallest absolute Gasteiger partial charge is 0.144 e. The molecule has 0 spiro atoms. The molecule has 0 radical (unpaired) electrons. The number of pyridine rings is 1. The molecule has 3 aromatic heterocycles. The number of benzene rings is 1. The minimum absolute atomic E-state index is 0.277. The van der Waals surface area contributed by atoms with Crippen molar-refractivity contribution in [1.29, 1.82) is 0 Å².